The lowest BCUT2D eigenvalue weighted by Crippen LogP contribution is -2.21. The first-order valence-corrected chi connectivity index (χ1v) is 7.38. The van der Waals surface area contributed by atoms with Gasteiger partial charge in [0.15, 0.2) is 0 Å². The van der Waals surface area contributed by atoms with E-state index in [1.807, 2.05) is 6.92 Å². The molecular weight excluding hydrogens is 264 g/mol. The van der Waals surface area contributed by atoms with Crippen molar-refractivity contribution < 1.29 is 4.74 Å². The van der Waals surface area contributed by atoms with Gasteiger partial charge in [0, 0.05) is 6.04 Å². The smallest absolute Gasteiger partial charge is 0.322 e. The van der Waals surface area contributed by atoms with E-state index in [2.05, 4.69) is 34.1 Å². The number of rotatable bonds is 9. The van der Waals surface area contributed by atoms with Crippen molar-refractivity contribution in [3.8, 4) is 6.01 Å². The van der Waals surface area contributed by atoms with Gasteiger partial charge < -0.3 is 10.1 Å². The van der Waals surface area contributed by atoms with Crippen molar-refractivity contribution >= 4 is 17.5 Å². The van der Waals surface area contributed by atoms with Gasteiger partial charge in [-0.2, -0.15) is 15.0 Å². The lowest BCUT2D eigenvalue weighted by atomic mass is 10.1. The summed E-state index contributed by atoms with van der Waals surface area (Å²) < 4.78 is 5.26. The topological polar surface area (TPSA) is 59.9 Å². The van der Waals surface area contributed by atoms with Crippen LogP contribution in [0.1, 0.15) is 52.9 Å². The summed E-state index contributed by atoms with van der Waals surface area (Å²) >= 11 is 5.87. The number of nitrogens with zero attached hydrogens (tertiary/aromatic N) is 3. The minimum atomic E-state index is 0.159. The molecule has 0 saturated heterocycles. The molecule has 1 aromatic rings. The van der Waals surface area contributed by atoms with Crippen molar-refractivity contribution in [1.29, 1.82) is 0 Å². The molecule has 0 aromatic carbocycles. The van der Waals surface area contributed by atoms with E-state index in [1.165, 1.54) is 12.8 Å². The highest BCUT2D eigenvalue weighted by molar-refractivity contribution is 6.28. The van der Waals surface area contributed by atoms with Gasteiger partial charge in [0.25, 0.3) is 0 Å². The minimum absolute atomic E-state index is 0.159. The second kappa shape index (κ2) is 8.91. The quantitative estimate of drug-likeness (QED) is 0.750. The maximum Gasteiger partial charge on any atom is 0.322 e. The zero-order valence-electron chi connectivity index (χ0n) is 11.9. The Bertz CT molecular complexity index is 376. The molecule has 1 rings (SSSR count). The molecule has 6 heteroatoms. The molecule has 0 bridgehead atoms. The number of hydrogen-bond acceptors (Lipinski definition) is 5. The Morgan fingerprint density at radius 1 is 1.11 bits per heavy atom. The summed E-state index contributed by atoms with van der Waals surface area (Å²) in [6.45, 7) is 6.75. The molecule has 0 aliphatic rings. The molecule has 1 aromatic heterocycles. The van der Waals surface area contributed by atoms with Crippen LogP contribution in [0, 0.1) is 0 Å². The number of unbranched alkanes of at least 4 members (excludes halogenated alkanes) is 1. The van der Waals surface area contributed by atoms with Crippen molar-refractivity contribution in [3.05, 3.63) is 5.28 Å². The summed E-state index contributed by atoms with van der Waals surface area (Å²) in [5, 5.41) is 3.49. The molecule has 1 heterocycles. The average molecular weight is 287 g/mol. The fourth-order valence-electron chi connectivity index (χ4n) is 1.86. The molecule has 0 aliphatic heterocycles. The van der Waals surface area contributed by atoms with Gasteiger partial charge >= 0.3 is 6.01 Å². The molecule has 0 amide bonds. The summed E-state index contributed by atoms with van der Waals surface area (Å²) in [5.74, 6) is 0.498. The van der Waals surface area contributed by atoms with Gasteiger partial charge in [-0.1, -0.05) is 33.1 Å². The highest BCUT2D eigenvalue weighted by atomic mass is 35.5. The first kappa shape index (κ1) is 16.0. The van der Waals surface area contributed by atoms with Crippen molar-refractivity contribution in [2.24, 2.45) is 0 Å². The van der Waals surface area contributed by atoms with Crippen molar-refractivity contribution in [3.63, 3.8) is 0 Å². The number of anilines is 1. The van der Waals surface area contributed by atoms with Crippen LogP contribution >= 0.6 is 11.6 Å². The highest BCUT2D eigenvalue weighted by Gasteiger charge is 2.11. The third kappa shape index (κ3) is 6.05. The lowest BCUT2D eigenvalue weighted by Gasteiger charge is -2.17. The third-order valence-corrected chi connectivity index (χ3v) is 2.91. The van der Waals surface area contributed by atoms with Gasteiger partial charge in [-0.3, -0.25) is 0 Å². The SMILES string of the molecule is CCCCC(CCC)Nc1nc(Cl)nc(OCC)n1. The normalized spacial score (nSPS) is 12.2. The summed E-state index contributed by atoms with van der Waals surface area (Å²) in [7, 11) is 0. The van der Waals surface area contributed by atoms with Crippen LogP contribution < -0.4 is 10.1 Å². The van der Waals surface area contributed by atoms with E-state index >= 15 is 0 Å². The van der Waals surface area contributed by atoms with Gasteiger partial charge in [-0.15, -0.1) is 0 Å². The monoisotopic (exact) mass is 286 g/mol. The van der Waals surface area contributed by atoms with Crippen LogP contribution in [0.15, 0.2) is 0 Å². The molecule has 108 valence electrons. The second-order valence-corrected chi connectivity index (χ2v) is 4.75. The van der Waals surface area contributed by atoms with Crippen LogP contribution in [0.4, 0.5) is 5.95 Å². The van der Waals surface area contributed by atoms with Crippen molar-refractivity contribution in [2.75, 3.05) is 11.9 Å². The predicted octanol–water partition coefficient (Wildman–Crippen LogP) is 3.69. The van der Waals surface area contributed by atoms with E-state index in [0.29, 0.717) is 18.6 Å². The Hall–Kier alpha value is -1.10. The van der Waals surface area contributed by atoms with Gasteiger partial charge in [0.2, 0.25) is 11.2 Å². The molecule has 5 nitrogen and oxygen atoms in total. The molecule has 19 heavy (non-hydrogen) atoms. The Balaban J connectivity index is 2.71. The van der Waals surface area contributed by atoms with Crippen LogP contribution in [-0.4, -0.2) is 27.6 Å². The Labute approximate surface area is 120 Å². The average Bonchev–Trinajstić information content (AvgIpc) is 2.36. The fourth-order valence-corrected chi connectivity index (χ4v) is 2.01. The zero-order chi connectivity index (χ0) is 14.1. The molecule has 0 spiro atoms. The van der Waals surface area contributed by atoms with Crippen molar-refractivity contribution in [1.82, 2.24) is 15.0 Å². The standard InChI is InChI=1S/C13H23ClN4O/c1-4-7-9-10(8-5-2)15-12-16-11(14)17-13(18-12)19-6-3/h10H,4-9H2,1-3H3,(H,15,16,17,18). The summed E-state index contributed by atoms with van der Waals surface area (Å²) in [6.07, 6.45) is 5.70. The number of halogens is 1. The Kier molecular flexibility index (Phi) is 7.48. The Morgan fingerprint density at radius 3 is 2.53 bits per heavy atom. The first-order valence-electron chi connectivity index (χ1n) is 7.00. The zero-order valence-corrected chi connectivity index (χ0v) is 12.7. The van der Waals surface area contributed by atoms with Crippen LogP contribution in [0.25, 0.3) is 0 Å². The maximum atomic E-state index is 5.87. The molecule has 0 radical (unpaired) electrons. The van der Waals surface area contributed by atoms with E-state index in [1.54, 1.807) is 0 Å². The van der Waals surface area contributed by atoms with Crippen LogP contribution in [-0.2, 0) is 0 Å². The largest absolute Gasteiger partial charge is 0.464 e. The van der Waals surface area contributed by atoms with E-state index in [0.717, 1.165) is 19.3 Å². The number of ether oxygens (including phenoxy) is 1. The molecule has 0 aliphatic carbocycles. The van der Waals surface area contributed by atoms with Crippen LogP contribution in [0.5, 0.6) is 6.01 Å². The lowest BCUT2D eigenvalue weighted by molar-refractivity contribution is 0.311. The highest BCUT2D eigenvalue weighted by Crippen LogP contribution is 2.16. The van der Waals surface area contributed by atoms with E-state index in [4.69, 9.17) is 16.3 Å². The molecule has 1 atom stereocenters. The number of aromatic nitrogens is 3. The minimum Gasteiger partial charge on any atom is -0.464 e. The van der Waals surface area contributed by atoms with Gasteiger partial charge in [0.1, 0.15) is 0 Å². The fraction of sp³-hybridized carbons (Fsp3) is 0.769. The molecular formula is C13H23ClN4O. The molecule has 0 fully saturated rings. The molecule has 1 unspecified atom stereocenters. The summed E-state index contributed by atoms with van der Waals surface area (Å²) in [4.78, 5) is 12.2. The van der Waals surface area contributed by atoms with Crippen LogP contribution in [0.3, 0.4) is 0 Å². The first-order chi connectivity index (χ1) is 9.19. The van der Waals surface area contributed by atoms with Gasteiger partial charge in [-0.05, 0) is 31.4 Å². The summed E-state index contributed by atoms with van der Waals surface area (Å²) in [5.41, 5.74) is 0. The Morgan fingerprint density at radius 2 is 1.89 bits per heavy atom. The maximum absolute atomic E-state index is 5.87. The molecule has 1 N–H and O–H groups in total. The van der Waals surface area contributed by atoms with E-state index < -0.39 is 0 Å². The van der Waals surface area contributed by atoms with Gasteiger partial charge in [-0.25, -0.2) is 0 Å². The van der Waals surface area contributed by atoms with Gasteiger partial charge in [0.05, 0.1) is 6.61 Å². The second-order valence-electron chi connectivity index (χ2n) is 4.42. The van der Waals surface area contributed by atoms with Crippen molar-refractivity contribution in [2.45, 2.75) is 58.9 Å². The predicted molar refractivity (Wildman–Crippen MR) is 77.8 cm³/mol. The number of nitrogens with one attached hydrogen (secondary N) is 1. The van der Waals surface area contributed by atoms with Crippen LogP contribution in [0.2, 0.25) is 5.28 Å². The number of hydrogen-bond donors (Lipinski definition) is 1. The van der Waals surface area contributed by atoms with E-state index in [-0.39, 0.29) is 11.3 Å². The molecule has 0 saturated carbocycles. The summed E-state index contributed by atoms with van der Waals surface area (Å²) in [6, 6.07) is 0.647. The third-order valence-electron chi connectivity index (χ3n) is 2.74. The van der Waals surface area contributed by atoms with E-state index in [9.17, 15) is 0 Å².